The number of nitrogens with zero attached hydrogens (tertiary/aromatic N) is 1. The Morgan fingerprint density at radius 1 is 1.38 bits per heavy atom. The molecule has 0 saturated carbocycles. The van der Waals surface area contributed by atoms with Crippen molar-refractivity contribution in [1.29, 1.82) is 0 Å². The Labute approximate surface area is 133 Å². The summed E-state index contributed by atoms with van der Waals surface area (Å²) < 4.78 is 6.58. The van der Waals surface area contributed by atoms with Crippen molar-refractivity contribution in [2.24, 2.45) is 0 Å². The van der Waals surface area contributed by atoms with Crippen LogP contribution in [0.3, 0.4) is 0 Å². The zero-order valence-electron chi connectivity index (χ0n) is 11.8. The maximum absolute atomic E-state index is 5.57. The van der Waals surface area contributed by atoms with Gasteiger partial charge in [0, 0.05) is 28.8 Å². The number of benzene rings is 1. The Kier molecular flexibility index (Phi) is 5.79. The van der Waals surface area contributed by atoms with Gasteiger partial charge in [0.2, 0.25) is 0 Å². The minimum atomic E-state index is 0.158. The Bertz CT molecular complexity index is 622. The Hall–Kier alpha value is -1.83. The van der Waals surface area contributed by atoms with Gasteiger partial charge in [-0.2, -0.15) is 0 Å². The van der Waals surface area contributed by atoms with Crippen LogP contribution in [0.15, 0.2) is 47.1 Å². The van der Waals surface area contributed by atoms with Gasteiger partial charge in [0.25, 0.3) is 0 Å². The van der Waals surface area contributed by atoms with Gasteiger partial charge in [-0.15, -0.1) is 6.42 Å². The van der Waals surface area contributed by atoms with E-state index in [1.54, 1.807) is 6.20 Å². The summed E-state index contributed by atoms with van der Waals surface area (Å²) in [4.78, 5) is 4.35. The smallest absolute Gasteiger partial charge is 0.148 e. The van der Waals surface area contributed by atoms with Crippen LogP contribution < -0.4 is 10.1 Å². The van der Waals surface area contributed by atoms with Crippen LogP contribution in [-0.2, 0) is 6.54 Å². The highest BCUT2D eigenvalue weighted by Gasteiger charge is 2.09. The average molecular weight is 345 g/mol. The zero-order chi connectivity index (χ0) is 15.1. The van der Waals surface area contributed by atoms with Crippen molar-refractivity contribution in [2.75, 3.05) is 6.61 Å². The molecule has 1 atom stereocenters. The van der Waals surface area contributed by atoms with Gasteiger partial charge in [0.05, 0.1) is 5.69 Å². The Morgan fingerprint density at radius 3 is 2.95 bits per heavy atom. The van der Waals surface area contributed by atoms with Gasteiger partial charge in [0.1, 0.15) is 12.4 Å². The molecule has 4 heteroatoms. The lowest BCUT2D eigenvalue weighted by atomic mass is 10.1. The third-order valence-corrected chi connectivity index (χ3v) is 3.56. The van der Waals surface area contributed by atoms with E-state index in [1.807, 2.05) is 36.4 Å². The summed E-state index contributed by atoms with van der Waals surface area (Å²) in [6.45, 7) is 3.03. The van der Waals surface area contributed by atoms with Gasteiger partial charge in [-0.3, -0.25) is 4.98 Å². The van der Waals surface area contributed by atoms with Crippen molar-refractivity contribution in [1.82, 2.24) is 10.3 Å². The second-order valence-electron chi connectivity index (χ2n) is 4.60. The van der Waals surface area contributed by atoms with E-state index in [1.165, 1.54) is 0 Å². The number of nitrogens with one attached hydrogen (secondary N) is 1. The molecule has 1 aromatic heterocycles. The Balaban J connectivity index is 2.05. The van der Waals surface area contributed by atoms with Gasteiger partial charge in [0.15, 0.2) is 0 Å². The fourth-order valence-corrected chi connectivity index (χ4v) is 2.35. The molecule has 0 radical (unpaired) electrons. The molecule has 0 bridgehead atoms. The van der Waals surface area contributed by atoms with Crippen LogP contribution in [-0.4, -0.2) is 11.6 Å². The number of rotatable bonds is 6. The molecule has 0 fully saturated rings. The molecule has 2 aromatic rings. The topological polar surface area (TPSA) is 34.1 Å². The highest BCUT2D eigenvalue weighted by Crippen LogP contribution is 2.24. The number of halogens is 1. The molecule has 1 heterocycles. The third kappa shape index (κ3) is 4.59. The molecular formula is C17H17BrN2O. The van der Waals surface area contributed by atoms with Crippen LogP contribution in [0.5, 0.6) is 5.75 Å². The SMILES string of the molecule is C#CCOc1ccc(Br)cc1CNC(C)c1ccccn1. The molecule has 3 nitrogen and oxygen atoms in total. The summed E-state index contributed by atoms with van der Waals surface area (Å²) in [6.07, 6.45) is 7.05. The molecule has 108 valence electrons. The second-order valence-corrected chi connectivity index (χ2v) is 5.52. The van der Waals surface area contributed by atoms with Crippen LogP contribution in [0, 0.1) is 12.3 Å². The summed E-state index contributed by atoms with van der Waals surface area (Å²) in [5.74, 6) is 3.29. The normalized spacial score (nSPS) is 11.7. The van der Waals surface area contributed by atoms with Crippen LogP contribution in [0.4, 0.5) is 0 Å². The molecule has 0 amide bonds. The van der Waals surface area contributed by atoms with Gasteiger partial charge in [-0.25, -0.2) is 0 Å². The molecular weight excluding hydrogens is 328 g/mol. The lowest BCUT2D eigenvalue weighted by Crippen LogP contribution is -2.19. The number of terminal acetylenes is 1. The fraction of sp³-hybridized carbons (Fsp3) is 0.235. The van der Waals surface area contributed by atoms with E-state index >= 15 is 0 Å². The quantitative estimate of drug-likeness (QED) is 0.811. The first kappa shape index (κ1) is 15.6. The van der Waals surface area contributed by atoms with Crippen molar-refractivity contribution in [3.63, 3.8) is 0 Å². The predicted molar refractivity (Wildman–Crippen MR) is 88.0 cm³/mol. The summed E-state index contributed by atoms with van der Waals surface area (Å²) in [5.41, 5.74) is 2.07. The molecule has 0 aliphatic carbocycles. The maximum atomic E-state index is 5.57. The molecule has 21 heavy (non-hydrogen) atoms. The first-order valence-corrected chi connectivity index (χ1v) is 7.49. The summed E-state index contributed by atoms with van der Waals surface area (Å²) in [7, 11) is 0. The summed E-state index contributed by atoms with van der Waals surface area (Å²) in [5, 5.41) is 3.44. The van der Waals surface area contributed by atoms with E-state index < -0.39 is 0 Å². The van der Waals surface area contributed by atoms with Gasteiger partial charge < -0.3 is 10.1 Å². The molecule has 2 rings (SSSR count). The van der Waals surface area contributed by atoms with Crippen molar-refractivity contribution < 1.29 is 4.74 Å². The molecule has 0 spiro atoms. The molecule has 0 aliphatic rings. The number of ether oxygens (including phenoxy) is 1. The highest BCUT2D eigenvalue weighted by atomic mass is 79.9. The van der Waals surface area contributed by atoms with E-state index in [2.05, 4.69) is 39.1 Å². The molecule has 0 saturated heterocycles. The fourth-order valence-electron chi connectivity index (χ4n) is 1.95. The number of pyridine rings is 1. The molecule has 1 N–H and O–H groups in total. The predicted octanol–water partition coefficient (Wildman–Crippen LogP) is 3.71. The second kappa shape index (κ2) is 7.82. The van der Waals surface area contributed by atoms with E-state index in [0.29, 0.717) is 6.54 Å². The van der Waals surface area contributed by atoms with Crippen molar-refractivity contribution in [2.45, 2.75) is 19.5 Å². The number of hydrogen-bond donors (Lipinski definition) is 1. The van der Waals surface area contributed by atoms with Crippen LogP contribution in [0.2, 0.25) is 0 Å². The zero-order valence-corrected chi connectivity index (χ0v) is 13.4. The molecule has 1 unspecified atom stereocenters. The molecule has 1 aromatic carbocycles. The monoisotopic (exact) mass is 344 g/mol. The van der Waals surface area contributed by atoms with Crippen molar-refractivity contribution >= 4 is 15.9 Å². The number of aromatic nitrogens is 1. The maximum Gasteiger partial charge on any atom is 0.148 e. The van der Waals surface area contributed by atoms with Crippen molar-refractivity contribution in [3.05, 3.63) is 58.3 Å². The van der Waals surface area contributed by atoms with Crippen LogP contribution in [0.25, 0.3) is 0 Å². The summed E-state index contributed by atoms with van der Waals surface area (Å²) in [6, 6.07) is 12.0. The first-order valence-electron chi connectivity index (χ1n) is 6.69. The van der Waals surface area contributed by atoms with Crippen molar-refractivity contribution in [3.8, 4) is 18.1 Å². The third-order valence-electron chi connectivity index (χ3n) is 3.06. The first-order chi connectivity index (χ1) is 10.2. The van der Waals surface area contributed by atoms with Crippen LogP contribution in [0.1, 0.15) is 24.2 Å². The summed E-state index contributed by atoms with van der Waals surface area (Å²) >= 11 is 3.48. The van der Waals surface area contributed by atoms with Gasteiger partial charge in [-0.05, 0) is 37.3 Å². The largest absolute Gasteiger partial charge is 0.481 e. The molecule has 0 aliphatic heterocycles. The minimum Gasteiger partial charge on any atom is -0.481 e. The van der Waals surface area contributed by atoms with Gasteiger partial charge >= 0.3 is 0 Å². The lowest BCUT2D eigenvalue weighted by Gasteiger charge is -2.15. The van der Waals surface area contributed by atoms with Crippen LogP contribution >= 0.6 is 15.9 Å². The average Bonchev–Trinajstić information content (AvgIpc) is 2.52. The standard InChI is InChI=1S/C17H17BrN2O/c1-3-10-21-17-8-7-15(18)11-14(17)12-20-13(2)16-6-4-5-9-19-16/h1,4-9,11,13,20H,10,12H2,2H3. The van der Waals surface area contributed by atoms with E-state index in [-0.39, 0.29) is 12.6 Å². The van der Waals surface area contributed by atoms with Gasteiger partial charge in [-0.1, -0.05) is 27.9 Å². The highest BCUT2D eigenvalue weighted by molar-refractivity contribution is 9.10. The van der Waals surface area contributed by atoms with E-state index in [9.17, 15) is 0 Å². The lowest BCUT2D eigenvalue weighted by molar-refractivity contribution is 0.363. The van der Waals surface area contributed by atoms with E-state index in [0.717, 1.165) is 21.5 Å². The van der Waals surface area contributed by atoms with E-state index in [4.69, 9.17) is 11.2 Å². The Morgan fingerprint density at radius 2 is 2.24 bits per heavy atom. The number of hydrogen-bond acceptors (Lipinski definition) is 3. The minimum absolute atomic E-state index is 0.158.